The van der Waals surface area contributed by atoms with Crippen LogP contribution in [-0.4, -0.2) is 64.3 Å². The molecule has 1 fully saturated rings. The topological polar surface area (TPSA) is 62.7 Å². The quantitative estimate of drug-likeness (QED) is 0.666. The lowest BCUT2D eigenvalue weighted by Crippen LogP contribution is -2.39. The third-order valence-corrected chi connectivity index (χ3v) is 5.44. The highest BCUT2D eigenvalue weighted by Gasteiger charge is 2.30. The Morgan fingerprint density at radius 1 is 1.17 bits per heavy atom. The smallest absolute Gasteiger partial charge is 0.242 e. The van der Waals surface area contributed by atoms with Gasteiger partial charge in [0.1, 0.15) is 0 Å². The van der Waals surface area contributed by atoms with E-state index in [1.54, 1.807) is 34.0 Å². The van der Waals surface area contributed by atoms with E-state index in [-0.39, 0.29) is 24.5 Å². The van der Waals surface area contributed by atoms with E-state index < -0.39 is 0 Å². The van der Waals surface area contributed by atoms with E-state index >= 15 is 0 Å². The van der Waals surface area contributed by atoms with Gasteiger partial charge in [0.05, 0.1) is 19.3 Å². The summed E-state index contributed by atoms with van der Waals surface area (Å²) in [7, 11) is 0. The van der Waals surface area contributed by atoms with Gasteiger partial charge < -0.3 is 14.5 Å². The molecule has 0 aliphatic carbocycles. The van der Waals surface area contributed by atoms with Gasteiger partial charge in [-0.1, -0.05) is 36.4 Å². The first kappa shape index (κ1) is 21.3. The normalized spacial score (nSPS) is 17.3. The van der Waals surface area contributed by atoms with Crippen molar-refractivity contribution in [2.75, 3.05) is 31.6 Å². The summed E-state index contributed by atoms with van der Waals surface area (Å²) in [5, 5.41) is 0. The largest absolute Gasteiger partial charge is 0.370 e. The van der Waals surface area contributed by atoms with Crippen LogP contribution in [0.4, 0.5) is 0 Å². The van der Waals surface area contributed by atoms with E-state index in [4.69, 9.17) is 4.74 Å². The predicted molar refractivity (Wildman–Crippen MR) is 114 cm³/mol. The van der Waals surface area contributed by atoms with Gasteiger partial charge in [-0.2, -0.15) is 11.8 Å². The second-order valence-corrected chi connectivity index (χ2v) is 8.06. The number of nitrogens with zero attached hydrogens (tertiary/aromatic N) is 3. The van der Waals surface area contributed by atoms with Crippen LogP contribution in [0.5, 0.6) is 0 Å². The van der Waals surface area contributed by atoms with Gasteiger partial charge in [0.25, 0.3) is 0 Å². The molecule has 2 aromatic rings. The van der Waals surface area contributed by atoms with Crippen LogP contribution in [-0.2, 0) is 27.5 Å². The number of hydrogen-bond donors (Lipinski definition) is 0. The van der Waals surface area contributed by atoms with Crippen LogP contribution < -0.4 is 0 Å². The lowest BCUT2D eigenvalue weighted by Gasteiger charge is -2.25. The highest BCUT2D eigenvalue weighted by Crippen LogP contribution is 2.15. The molecule has 1 atom stereocenters. The van der Waals surface area contributed by atoms with E-state index in [9.17, 15) is 9.59 Å². The molecule has 2 heterocycles. The molecule has 6 nitrogen and oxygen atoms in total. The van der Waals surface area contributed by atoms with Crippen LogP contribution in [0.15, 0.2) is 54.9 Å². The Morgan fingerprint density at radius 3 is 2.69 bits per heavy atom. The molecule has 29 heavy (non-hydrogen) atoms. The summed E-state index contributed by atoms with van der Waals surface area (Å²) < 4.78 is 6.14. The number of carbonyl (C=O) groups is 2. The second-order valence-electron chi connectivity index (χ2n) is 7.07. The highest BCUT2D eigenvalue weighted by molar-refractivity contribution is 7.98. The van der Waals surface area contributed by atoms with Crippen molar-refractivity contribution in [2.24, 2.45) is 0 Å². The maximum atomic E-state index is 12.9. The summed E-state index contributed by atoms with van der Waals surface area (Å²) in [6.07, 6.45) is 5.65. The van der Waals surface area contributed by atoms with Crippen LogP contribution in [0.2, 0.25) is 0 Å². The first-order valence-corrected chi connectivity index (χ1v) is 11.1. The average molecular weight is 414 g/mol. The fourth-order valence-electron chi connectivity index (χ4n) is 3.27. The number of carbonyl (C=O) groups excluding carboxylic acids is 2. The average Bonchev–Trinajstić information content (AvgIpc) is 2.91. The minimum absolute atomic E-state index is 0.00392. The monoisotopic (exact) mass is 413 g/mol. The van der Waals surface area contributed by atoms with E-state index in [1.807, 2.05) is 48.7 Å². The molecule has 1 saturated heterocycles. The van der Waals surface area contributed by atoms with E-state index in [1.165, 1.54) is 0 Å². The van der Waals surface area contributed by atoms with Gasteiger partial charge in [0.15, 0.2) is 0 Å². The lowest BCUT2D eigenvalue weighted by atomic mass is 10.2. The minimum atomic E-state index is -0.239. The molecule has 1 aliphatic heterocycles. The first-order chi connectivity index (χ1) is 14.2. The van der Waals surface area contributed by atoms with Gasteiger partial charge in [0, 0.05) is 44.2 Å². The Bertz CT molecular complexity index is 788. The Morgan fingerprint density at radius 2 is 1.97 bits per heavy atom. The van der Waals surface area contributed by atoms with Gasteiger partial charge in [-0.3, -0.25) is 14.6 Å². The molecule has 1 aromatic heterocycles. The van der Waals surface area contributed by atoms with Gasteiger partial charge in [-0.25, -0.2) is 0 Å². The molecule has 2 amide bonds. The van der Waals surface area contributed by atoms with Gasteiger partial charge in [0.2, 0.25) is 11.8 Å². The van der Waals surface area contributed by atoms with E-state index in [2.05, 4.69) is 4.98 Å². The van der Waals surface area contributed by atoms with E-state index in [0.29, 0.717) is 32.7 Å². The van der Waals surface area contributed by atoms with Crippen molar-refractivity contribution in [3.05, 3.63) is 66.0 Å². The highest BCUT2D eigenvalue weighted by atomic mass is 32.2. The molecule has 7 heteroatoms. The molecule has 0 saturated carbocycles. The summed E-state index contributed by atoms with van der Waals surface area (Å²) >= 11 is 1.63. The first-order valence-electron chi connectivity index (χ1n) is 9.74. The Hall–Kier alpha value is -2.38. The zero-order valence-electron chi connectivity index (χ0n) is 16.7. The molecule has 1 aliphatic rings. The predicted octanol–water partition coefficient (Wildman–Crippen LogP) is 2.59. The molecule has 3 rings (SSSR count). The van der Waals surface area contributed by atoms with Gasteiger partial charge >= 0.3 is 0 Å². The fourth-order valence-corrected chi connectivity index (χ4v) is 3.65. The zero-order chi connectivity index (χ0) is 20.5. The summed E-state index contributed by atoms with van der Waals surface area (Å²) in [4.78, 5) is 33.1. The minimum Gasteiger partial charge on any atom is -0.370 e. The van der Waals surface area contributed by atoms with Gasteiger partial charge in [-0.05, 0) is 23.4 Å². The van der Waals surface area contributed by atoms with Crippen LogP contribution in [0.3, 0.4) is 0 Å². The molecular weight excluding hydrogens is 386 g/mol. The number of amides is 2. The van der Waals surface area contributed by atoms with Crippen molar-refractivity contribution >= 4 is 23.6 Å². The summed E-state index contributed by atoms with van der Waals surface area (Å²) in [6.45, 7) is 1.89. The van der Waals surface area contributed by atoms with Crippen LogP contribution in [0, 0.1) is 0 Å². The third-order valence-electron chi connectivity index (χ3n) is 4.82. The fraction of sp³-hybridized carbons (Fsp3) is 0.409. The number of pyridine rings is 1. The van der Waals surface area contributed by atoms with Crippen molar-refractivity contribution in [3.63, 3.8) is 0 Å². The van der Waals surface area contributed by atoms with Gasteiger partial charge in [-0.15, -0.1) is 0 Å². The summed E-state index contributed by atoms with van der Waals surface area (Å²) in [5.74, 6) is 0.694. The molecule has 0 unspecified atom stereocenters. The summed E-state index contributed by atoms with van der Waals surface area (Å²) in [6, 6.07) is 13.7. The van der Waals surface area contributed by atoms with E-state index in [0.717, 1.165) is 16.9 Å². The Labute approximate surface area is 176 Å². The van der Waals surface area contributed by atoms with Crippen molar-refractivity contribution < 1.29 is 14.3 Å². The molecule has 0 N–H and O–H groups in total. The van der Waals surface area contributed by atoms with Crippen LogP contribution in [0.25, 0.3) is 0 Å². The SMILES string of the molecule is CSCCC(=O)N1CC(=O)N(Cc2cccnc2)C[C@H](OCc2ccccc2)C1. The number of thioether (sulfide) groups is 1. The maximum Gasteiger partial charge on any atom is 0.242 e. The number of benzene rings is 1. The van der Waals surface area contributed by atoms with Crippen molar-refractivity contribution in [3.8, 4) is 0 Å². The second kappa shape index (κ2) is 11.0. The van der Waals surface area contributed by atoms with Crippen molar-refractivity contribution in [1.29, 1.82) is 0 Å². The lowest BCUT2D eigenvalue weighted by molar-refractivity contribution is -0.138. The zero-order valence-corrected chi connectivity index (χ0v) is 17.5. The molecule has 0 radical (unpaired) electrons. The number of ether oxygens (including phenoxy) is 1. The number of rotatable bonds is 8. The van der Waals surface area contributed by atoms with Crippen molar-refractivity contribution in [1.82, 2.24) is 14.8 Å². The van der Waals surface area contributed by atoms with Crippen LogP contribution >= 0.6 is 11.8 Å². The molecule has 0 bridgehead atoms. The Balaban J connectivity index is 1.71. The molecule has 0 spiro atoms. The number of aromatic nitrogens is 1. The maximum absolute atomic E-state index is 12.9. The molecule has 154 valence electrons. The standard InChI is InChI=1S/C22H27N3O3S/c1-29-11-9-21(26)25-15-20(28-17-18-6-3-2-4-7-18)14-24(22(27)16-25)13-19-8-5-10-23-12-19/h2-8,10,12,20H,9,11,13-17H2,1H3/t20-/m0/s1. The molecular formula is C22H27N3O3S. The molecule has 1 aromatic carbocycles. The van der Waals surface area contributed by atoms with Crippen molar-refractivity contribution in [2.45, 2.75) is 25.7 Å². The summed E-state index contributed by atoms with van der Waals surface area (Å²) in [5.41, 5.74) is 2.03. The van der Waals surface area contributed by atoms with Crippen LogP contribution in [0.1, 0.15) is 17.5 Å². The number of hydrogen-bond acceptors (Lipinski definition) is 5. The third kappa shape index (κ3) is 6.58. The Kier molecular flexibility index (Phi) is 8.07.